The standard InChI is InChI=1S/C5H10N2O4/c1-4(2)3-5(6(8)9)7(10)11/h4-5H,3H2,1-2H3. The zero-order chi connectivity index (χ0) is 9.02. The zero-order valence-electron chi connectivity index (χ0n) is 6.39. The van der Waals surface area contributed by atoms with E-state index in [1.165, 1.54) is 0 Å². The molecule has 11 heavy (non-hydrogen) atoms. The second-order valence-electron chi connectivity index (χ2n) is 2.68. The molecule has 0 aromatic heterocycles. The summed E-state index contributed by atoms with van der Waals surface area (Å²) in [6.45, 7) is 3.42. The van der Waals surface area contributed by atoms with Crippen LogP contribution in [0.15, 0.2) is 0 Å². The lowest BCUT2D eigenvalue weighted by Gasteiger charge is -2.03. The lowest BCUT2D eigenvalue weighted by molar-refractivity contribution is -0.743. The molecule has 0 rings (SSSR count). The van der Waals surface area contributed by atoms with E-state index in [0.717, 1.165) is 0 Å². The molecule has 0 saturated heterocycles. The van der Waals surface area contributed by atoms with Crippen LogP contribution < -0.4 is 0 Å². The van der Waals surface area contributed by atoms with Gasteiger partial charge in [0.1, 0.15) is 0 Å². The second kappa shape index (κ2) is 3.85. The van der Waals surface area contributed by atoms with E-state index < -0.39 is 16.0 Å². The van der Waals surface area contributed by atoms with Gasteiger partial charge in [0.15, 0.2) is 0 Å². The third-order valence-electron chi connectivity index (χ3n) is 1.17. The predicted octanol–water partition coefficient (Wildman–Crippen LogP) is 0.912. The van der Waals surface area contributed by atoms with Crippen molar-refractivity contribution in [2.45, 2.75) is 26.4 Å². The third kappa shape index (κ3) is 3.49. The van der Waals surface area contributed by atoms with Crippen molar-refractivity contribution in [3.05, 3.63) is 20.2 Å². The average molecular weight is 162 g/mol. The van der Waals surface area contributed by atoms with Crippen LogP contribution >= 0.6 is 0 Å². The van der Waals surface area contributed by atoms with E-state index in [1.807, 2.05) is 0 Å². The van der Waals surface area contributed by atoms with E-state index in [2.05, 4.69) is 0 Å². The molecule has 0 bridgehead atoms. The van der Waals surface area contributed by atoms with Crippen molar-refractivity contribution in [1.29, 1.82) is 0 Å². The highest BCUT2D eigenvalue weighted by Crippen LogP contribution is 2.07. The van der Waals surface area contributed by atoms with Crippen LogP contribution in [-0.2, 0) is 0 Å². The van der Waals surface area contributed by atoms with Gasteiger partial charge in [-0.2, -0.15) is 0 Å². The molecule has 64 valence electrons. The molecule has 0 aromatic rings. The molecular formula is C5H10N2O4. The fourth-order valence-corrected chi connectivity index (χ4v) is 0.671. The van der Waals surface area contributed by atoms with Crippen LogP contribution in [0.25, 0.3) is 0 Å². The number of rotatable bonds is 4. The molecule has 0 aliphatic carbocycles. The second-order valence-corrected chi connectivity index (χ2v) is 2.68. The summed E-state index contributed by atoms with van der Waals surface area (Å²) in [4.78, 5) is 18.4. The maximum atomic E-state index is 10.0. The Morgan fingerprint density at radius 1 is 1.18 bits per heavy atom. The molecule has 6 heteroatoms. The largest absolute Gasteiger partial charge is 0.451 e. The molecule has 0 atom stereocenters. The number of hydrogen-bond donors (Lipinski definition) is 0. The molecule has 0 fully saturated rings. The molecule has 0 radical (unpaired) electrons. The van der Waals surface area contributed by atoms with Crippen LogP contribution in [0.3, 0.4) is 0 Å². The van der Waals surface area contributed by atoms with E-state index >= 15 is 0 Å². The van der Waals surface area contributed by atoms with E-state index in [1.54, 1.807) is 13.8 Å². The Kier molecular flexibility index (Phi) is 3.43. The van der Waals surface area contributed by atoms with E-state index in [4.69, 9.17) is 0 Å². The maximum Gasteiger partial charge on any atom is 0.451 e. The topological polar surface area (TPSA) is 86.3 Å². The minimum atomic E-state index is -1.64. The number of nitrogens with zero attached hydrogens (tertiary/aromatic N) is 2. The summed E-state index contributed by atoms with van der Waals surface area (Å²) in [5, 5.41) is 20.1. The fraction of sp³-hybridized carbons (Fsp3) is 1.00. The minimum Gasteiger partial charge on any atom is -0.259 e. The van der Waals surface area contributed by atoms with Gasteiger partial charge >= 0.3 is 6.17 Å². The Hall–Kier alpha value is -1.20. The van der Waals surface area contributed by atoms with Crippen LogP contribution in [0.2, 0.25) is 0 Å². The molecule has 0 aromatic carbocycles. The summed E-state index contributed by atoms with van der Waals surface area (Å²) >= 11 is 0. The molecule has 0 aliphatic rings. The summed E-state index contributed by atoms with van der Waals surface area (Å²) in [6.07, 6.45) is -1.66. The molecule has 0 N–H and O–H groups in total. The minimum absolute atomic E-state index is 0.0139. The Bertz CT molecular complexity index is 154. The van der Waals surface area contributed by atoms with Gasteiger partial charge in [0.05, 0.1) is 16.3 Å². The average Bonchev–Trinajstić information content (AvgIpc) is 1.81. The van der Waals surface area contributed by atoms with Crippen molar-refractivity contribution < 1.29 is 9.85 Å². The lowest BCUT2D eigenvalue weighted by Crippen LogP contribution is -2.29. The van der Waals surface area contributed by atoms with Crippen molar-refractivity contribution in [3.63, 3.8) is 0 Å². The highest BCUT2D eigenvalue weighted by atomic mass is 16.7. The molecule has 0 heterocycles. The van der Waals surface area contributed by atoms with Gasteiger partial charge in [-0.05, 0) is 5.92 Å². The summed E-state index contributed by atoms with van der Waals surface area (Å²) in [6, 6.07) is 0. The first-order valence-electron chi connectivity index (χ1n) is 3.22. The first-order valence-corrected chi connectivity index (χ1v) is 3.22. The van der Waals surface area contributed by atoms with Crippen LogP contribution in [0.4, 0.5) is 0 Å². The molecule has 0 saturated carbocycles. The van der Waals surface area contributed by atoms with Crippen molar-refractivity contribution in [2.75, 3.05) is 0 Å². The SMILES string of the molecule is CC(C)CC([N+](=O)[O-])[N+](=O)[O-]. The van der Waals surface area contributed by atoms with Crippen molar-refractivity contribution >= 4 is 0 Å². The van der Waals surface area contributed by atoms with E-state index in [9.17, 15) is 20.2 Å². The van der Waals surface area contributed by atoms with Gasteiger partial charge in [-0.15, -0.1) is 0 Å². The van der Waals surface area contributed by atoms with Crippen molar-refractivity contribution in [1.82, 2.24) is 0 Å². The summed E-state index contributed by atoms with van der Waals surface area (Å²) in [5.41, 5.74) is 0. The highest BCUT2D eigenvalue weighted by Gasteiger charge is 2.32. The molecule has 0 spiro atoms. The quantitative estimate of drug-likeness (QED) is 0.349. The van der Waals surface area contributed by atoms with Gasteiger partial charge in [0.25, 0.3) is 0 Å². The van der Waals surface area contributed by atoms with E-state index in [-0.39, 0.29) is 12.3 Å². The summed E-state index contributed by atoms with van der Waals surface area (Å²) in [5.74, 6) is -0.0317. The van der Waals surface area contributed by atoms with Crippen LogP contribution in [0, 0.1) is 26.1 Å². The maximum absolute atomic E-state index is 10.0. The Balaban J connectivity index is 4.12. The first-order chi connectivity index (χ1) is 4.95. The van der Waals surface area contributed by atoms with Crippen molar-refractivity contribution in [2.24, 2.45) is 5.92 Å². The third-order valence-corrected chi connectivity index (χ3v) is 1.17. The Morgan fingerprint density at radius 3 is 1.64 bits per heavy atom. The van der Waals surface area contributed by atoms with Gasteiger partial charge in [-0.25, -0.2) is 0 Å². The molecule has 0 unspecified atom stereocenters. The van der Waals surface area contributed by atoms with Gasteiger partial charge in [-0.3, -0.25) is 20.2 Å². The number of hydrogen-bond acceptors (Lipinski definition) is 4. The van der Waals surface area contributed by atoms with E-state index in [0.29, 0.717) is 0 Å². The molecule has 0 amide bonds. The Labute approximate surface area is 63.5 Å². The van der Waals surface area contributed by atoms with Crippen LogP contribution in [-0.4, -0.2) is 16.0 Å². The predicted molar refractivity (Wildman–Crippen MR) is 37.2 cm³/mol. The van der Waals surface area contributed by atoms with Gasteiger partial charge < -0.3 is 0 Å². The monoisotopic (exact) mass is 162 g/mol. The molecular weight excluding hydrogens is 152 g/mol. The van der Waals surface area contributed by atoms with Crippen molar-refractivity contribution in [3.8, 4) is 0 Å². The summed E-state index contributed by atoms with van der Waals surface area (Å²) < 4.78 is 0. The van der Waals surface area contributed by atoms with Crippen LogP contribution in [0.5, 0.6) is 0 Å². The fourth-order valence-electron chi connectivity index (χ4n) is 0.671. The van der Waals surface area contributed by atoms with Gasteiger partial charge in [0, 0.05) is 0 Å². The first kappa shape index (κ1) is 9.80. The normalized spacial score (nSPS) is 10.5. The highest BCUT2D eigenvalue weighted by molar-refractivity contribution is 4.47. The lowest BCUT2D eigenvalue weighted by atomic mass is 10.1. The smallest absolute Gasteiger partial charge is 0.259 e. The van der Waals surface area contributed by atoms with Gasteiger partial charge in [0.2, 0.25) is 0 Å². The molecule has 6 nitrogen and oxygen atoms in total. The Morgan fingerprint density at radius 2 is 1.55 bits per heavy atom. The zero-order valence-corrected chi connectivity index (χ0v) is 6.39. The summed E-state index contributed by atoms with van der Waals surface area (Å²) in [7, 11) is 0. The van der Waals surface area contributed by atoms with Crippen LogP contribution in [0.1, 0.15) is 20.3 Å². The molecule has 0 aliphatic heterocycles. The number of nitro groups is 2. The van der Waals surface area contributed by atoms with Gasteiger partial charge in [-0.1, -0.05) is 13.8 Å².